The van der Waals surface area contributed by atoms with E-state index in [2.05, 4.69) is 10.1 Å². The van der Waals surface area contributed by atoms with Gasteiger partial charge < -0.3 is 4.74 Å². The molecule has 2 atom stereocenters. The van der Waals surface area contributed by atoms with Crippen LogP contribution in [-0.2, 0) is 16.9 Å². The van der Waals surface area contributed by atoms with Gasteiger partial charge in [0.15, 0.2) is 0 Å². The summed E-state index contributed by atoms with van der Waals surface area (Å²) in [7, 11) is 0. The lowest BCUT2D eigenvalue weighted by atomic mass is 9.92. The summed E-state index contributed by atoms with van der Waals surface area (Å²) >= 11 is 0. The average molecular weight is 247 g/mol. The quantitative estimate of drug-likeness (QED) is 0.779. The molecule has 0 spiro atoms. The predicted octanol–water partition coefficient (Wildman–Crippen LogP) is 2.04. The number of ether oxygens (including phenoxy) is 1. The molecule has 3 rings (SSSR count). The summed E-state index contributed by atoms with van der Waals surface area (Å²) in [4.78, 5) is 3.93. The molecule has 0 radical (unpaired) electrons. The van der Waals surface area contributed by atoms with Crippen molar-refractivity contribution >= 4 is 0 Å². The van der Waals surface area contributed by atoms with E-state index >= 15 is 0 Å². The molecule has 1 aliphatic rings. The zero-order chi connectivity index (χ0) is 12.8. The second-order valence-corrected chi connectivity index (χ2v) is 4.70. The van der Waals surface area contributed by atoms with E-state index in [4.69, 9.17) is 4.74 Å². The van der Waals surface area contributed by atoms with Crippen LogP contribution in [0.5, 0.6) is 0 Å². The van der Waals surface area contributed by atoms with Crippen LogP contribution in [0.2, 0.25) is 0 Å². The number of hydrogen-bond acceptors (Lipinski definition) is 3. The fourth-order valence-electron chi connectivity index (χ4n) is 2.47. The van der Waals surface area contributed by atoms with Crippen molar-refractivity contribution in [3.63, 3.8) is 0 Å². The number of aromatic nitrogens is 3. The first-order valence-corrected chi connectivity index (χ1v) is 5.89. The van der Waals surface area contributed by atoms with Crippen molar-refractivity contribution in [1.29, 1.82) is 0 Å². The molecule has 1 fully saturated rings. The summed E-state index contributed by atoms with van der Waals surface area (Å²) in [5, 5.41) is 4.10. The minimum atomic E-state index is -0.397. The molecular formula is C13H14FN3O. The Bertz CT molecular complexity index is 570. The van der Waals surface area contributed by atoms with Crippen molar-refractivity contribution in [2.45, 2.75) is 32.1 Å². The first kappa shape index (κ1) is 11.3. The molecule has 1 aliphatic heterocycles. The predicted molar refractivity (Wildman–Crippen MR) is 63.4 cm³/mol. The van der Waals surface area contributed by atoms with Gasteiger partial charge in [0, 0.05) is 0 Å². The molecule has 2 aromatic rings. The number of aryl methyl sites for hydroxylation is 1. The van der Waals surface area contributed by atoms with Crippen molar-refractivity contribution in [3.8, 4) is 0 Å². The average Bonchev–Trinajstić information content (AvgIpc) is 2.75. The van der Waals surface area contributed by atoms with Gasteiger partial charge in [-0.3, -0.25) is 0 Å². The van der Waals surface area contributed by atoms with Crippen LogP contribution in [-0.4, -0.2) is 20.9 Å². The normalized spacial score (nSPS) is 26.3. The van der Waals surface area contributed by atoms with Gasteiger partial charge in [-0.05, 0) is 37.1 Å². The van der Waals surface area contributed by atoms with E-state index in [9.17, 15) is 4.39 Å². The van der Waals surface area contributed by atoms with Crippen LogP contribution in [0.3, 0.4) is 0 Å². The largest absolute Gasteiger partial charge is 0.359 e. The minimum Gasteiger partial charge on any atom is -0.359 e. The van der Waals surface area contributed by atoms with Crippen LogP contribution >= 0.6 is 0 Å². The Kier molecular flexibility index (Phi) is 2.45. The van der Waals surface area contributed by atoms with Crippen molar-refractivity contribution < 1.29 is 9.13 Å². The summed E-state index contributed by atoms with van der Waals surface area (Å²) in [5.74, 6) is -0.222. The first-order chi connectivity index (χ1) is 8.62. The maximum atomic E-state index is 13.2. The van der Waals surface area contributed by atoms with Gasteiger partial charge >= 0.3 is 0 Å². The third kappa shape index (κ3) is 1.71. The Hall–Kier alpha value is -1.75. The van der Waals surface area contributed by atoms with E-state index in [0.717, 1.165) is 11.1 Å². The highest BCUT2D eigenvalue weighted by Crippen LogP contribution is 2.48. The maximum Gasteiger partial charge on any atom is 0.139 e. The summed E-state index contributed by atoms with van der Waals surface area (Å²) in [5.41, 5.74) is 1.53. The van der Waals surface area contributed by atoms with E-state index in [1.165, 1.54) is 18.5 Å². The lowest BCUT2D eigenvalue weighted by Gasteiger charge is -2.15. The monoisotopic (exact) mass is 247 g/mol. The minimum absolute atomic E-state index is 0.103. The molecule has 4 nitrogen and oxygen atoms in total. The third-order valence-electron chi connectivity index (χ3n) is 3.49. The van der Waals surface area contributed by atoms with E-state index in [1.807, 2.05) is 13.8 Å². The number of halogens is 1. The Morgan fingerprint density at radius 1 is 1.50 bits per heavy atom. The highest BCUT2D eigenvalue weighted by Gasteiger charge is 2.55. The smallest absolute Gasteiger partial charge is 0.139 e. The maximum absolute atomic E-state index is 13.2. The van der Waals surface area contributed by atoms with E-state index in [0.29, 0.717) is 6.54 Å². The molecule has 5 heteroatoms. The van der Waals surface area contributed by atoms with Gasteiger partial charge in [-0.15, -0.1) is 0 Å². The number of hydrogen-bond donors (Lipinski definition) is 0. The molecule has 2 heterocycles. The van der Waals surface area contributed by atoms with Crippen molar-refractivity contribution in [2.75, 3.05) is 0 Å². The molecule has 0 saturated carbocycles. The molecule has 1 aromatic heterocycles. The summed E-state index contributed by atoms with van der Waals surface area (Å²) in [6, 6.07) is 4.80. The molecule has 0 amide bonds. The highest BCUT2D eigenvalue weighted by molar-refractivity contribution is 5.36. The zero-order valence-corrected chi connectivity index (χ0v) is 10.3. The Morgan fingerprint density at radius 2 is 2.28 bits per heavy atom. The van der Waals surface area contributed by atoms with Crippen LogP contribution in [0.25, 0.3) is 0 Å². The Labute approximate surface area is 104 Å². The zero-order valence-electron chi connectivity index (χ0n) is 10.3. The molecule has 0 bridgehead atoms. The molecule has 0 N–H and O–H groups in total. The van der Waals surface area contributed by atoms with E-state index in [-0.39, 0.29) is 11.9 Å². The lowest BCUT2D eigenvalue weighted by Crippen LogP contribution is -2.21. The molecule has 94 valence electrons. The fourth-order valence-corrected chi connectivity index (χ4v) is 2.47. The van der Waals surface area contributed by atoms with Crippen LogP contribution in [0.15, 0.2) is 30.9 Å². The third-order valence-corrected chi connectivity index (χ3v) is 3.49. The Morgan fingerprint density at radius 3 is 2.83 bits per heavy atom. The van der Waals surface area contributed by atoms with Gasteiger partial charge in [-0.25, -0.2) is 14.1 Å². The molecule has 2 unspecified atom stereocenters. The molecule has 1 aromatic carbocycles. The van der Waals surface area contributed by atoms with Crippen LogP contribution in [0.1, 0.15) is 18.1 Å². The van der Waals surface area contributed by atoms with Crippen LogP contribution in [0.4, 0.5) is 4.39 Å². The summed E-state index contributed by atoms with van der Waals surface area (Å²) in [6.07, 6.45) is 3.26. The van der Waals surface area contributed by atoms with Crippen molar-refractivity contribution in [1.82, 2.24) is 14.8 Å². The number of benzene rings is 1. The summed E-state index contributed by atoms with van der Waals surface area (Å²) in [6.45, 7) is 4.51. The van der Waals surface area contributed by atoms with Crippen molar-refractivity contribution in [3.05, 3.63) is 47.8 Å². The molecular weight excluding hydrogens is 233 g/mol. The molecule has 18 heavy (non-hydrogen) atoms. The number of rotatable bonds is 3. The van der Waals surface area contributed by atoms with Gasteiger partial charge in [0.1, 0.15) is 24.1 Å². The number of nitrogens with zero attached hydrogens (tertiary/aromatic N) is 3. The topological polar surface area (TPSA) is 43.2 Å². The standard InChI is InChI=1S/C13H14FN3O/c1-9-5-11(14)3-4-12(9)13(10(2)18-13)6-17-8-15-7-16-17/h3-5,7-8,10H,6H2,1-2H3. The van der Waals surface area contributed by atoms with E-state index in [1.54, 1.807) is 17.1 Å². The van der Waals surface area contributed by atoms with Crippen LogP contribution < -0.4 is 0 Å². The van der Waals surface area contributed by atoms with Crippen molar-refractivity contribution in [2.24, 2.45) is 0 Å². The first-order valence-electron chi connectivity index (χ1n) is 5.89. The second kappa shape index (κ2) is 3.88. The number of epoxide rings is 1. The van der Waals surface area contributed by atoms with Crippen LogP contribution in [0, 0.1) is 12.7 Å². The second-order valence-electron chi connectivity index (χ2n) is 4.70. The van der Waals surface area contributed by atoms with Gasteiger partial charge in [0.25, 0.3) is 0 Å². The molecule has 1 saturated heterocycles. The fraction of sp³-hybridized carbons (Fsp3) is 0.385. The van der Waals surface area contributed by atoms with Gasteiger partial charge in [-0.1, -0.05) is 6.07 Å². The van der Waals surface area contributed by atoms with E-state index < -0.39 is 5.60 Å². The summed E-state index contributed by atoms with van der Waals surface area (Å²) < 4.78 is 20.7. The lowest BCUT2D eigenvalue weighted by molar-refractivity contribution is 0.262. The Balaban J connectivity index is 1.97. The highest BCUT2D eigenvalue weighted by atomic mass is 19.1. The SMILES string of the molecule is Cc1cc(F)ccc1C1(Cn2cncn2)OC1C. The van der Waals surface area contributed by atoms with Gasteiger partial charge in [-0.2, -0.15) is 5.10 Å². The molecule has 0 aliphatic carbocycles. The van der Waals surface area contributed by atoms with Gasteiger partial charge in [0.2, 0.25) is 0 Å². The van der Waals surface area contributed by atoms with Gasteiger partial charge in [0.05, 0.1) is 12.6 Å².